The molecule has 2 fully saturated rings. The molecular formula is C25H33N3O5S. The summed E-state index contributed by atoms with van der Waals surface area (Å²) in [5.41, 5.74) is 1.25. The van der Waals surface area contributed by atoms with Crippen LogP contribution in [0.1, 0.15) is 18.4 Å². The van der Waals surface area contributed by atoms with Crippen LogP contribution < -0.4 is 9.47 Å². The summed E-state index contributed by atoms with van der Waals surface area (Å²) in [4.78, 5) is 17.5. The zero-order chi connectivity index (χ0) is 24.1. The van der Waals surface area contributed by atoms with Crippen molar-refractivity contribution in [2.24, 2.45) is 5.92 Å². The molecule has 4 rings (SSSR count). The molecule has 0 radical (unpaired) electrons. The smallest absolute Gasteiger partial charge is 0.247 e. The van der Waals surface area contributed by atoms with Crippen LogP contribution in [0.3, 0.4) is 0 Å². The summed E-state index contributed by atoms with van der Waals surface area (Å²) in [6, 6.07) is 15.1. The van der Waals surface area contributed by atoms with Crippen molar-refractivity contribution >= 4 is 15.9 Å². The molecule has 0 N–H and O–H groups in total. The number of methoxy groups -OCH3 is 2. The van der Waals surface area contributed by atoms with Gasteiger partial charge in [0.15, 0.2) is 0 Å². The summed E-state index contributed by atoms with van der Waals surface area (Å²) in [5.74, 6) is 0.818. The maximum absolute atomic E-state index is 13.3. The highest BCUT2D eigenvalue weighted by atomic mass is 32.2. The minimum atomic E-state index is -3.77. The fourth-order valence-electron chi connectivity index (χ4n) is 4.77. The van der Waals surface area contributed by atoms with E-state index in [2.05, 4.69) is 17.0 Å². The molecule has 1 unspecified atom stereocenters. The molecule has 34 heavy (non-hydrogen) atoms. The SMILES string of the molecule is COc1ccc(OC)c(S(=O)(=O)N2CCN(C(=O)C3CCCN(Cc4ccccc4)C3)CC2)c1. The lowest BCUT2D eigenvalue weighted by Crippen LogP contribution is -2.53. The predicted octanol–water partition coefficient (Wildman–Crippen LogP) is 2.45. The number of rotatable bonds is 7. The molecule has 0 aromatic heterocycles. The van der Waals surface area contributed by atoms with Gasteiger partial charge in [0.1, 0.15) is 16.4 Å². The van der Waals surface area contributed by atoms with Crippen LogP contribution in [-0.4, -0.2) is 81.9 Å². The number of hydrogen-bond acceptors (Lipinski definition) is 6. The Balaban J connectivity index is 1.37. The van der Waals surface area contributed by atoms with Gasteiger partial charge in [-0.1, -0.05) is 30.3 Å². The number of carbonyl (C=O) groups is 1. The Morgan fingerprint density at radius 3 is 2.38 bits per heavy atom. The van der Waals surface area contributed by atoms with Crippen molar-refractivity contribution in [1.29, 1.82) is 0 Å². The first-order chi connectivity index (χ1) is 16.4. The summed E-state index contributed by atoms with van der Waals surface area (Å²) in [5, 5.41) is 0. The largest absolute Gasteiger partial charge is 0.497 e. The third kappa shape index (κ3) is 5.37. The van der Waals surface area contributed by atoms with E-state index < -0.39 is 10.0 Å². The van der Waals surface area contributed by atoms with E-state index in [1.54, 1.807) is 12.1 Å². The Labute approximate surface area is 202 Å². The van der Waals surface area contributed by atoms with Gasteiger partial charge in [-0.05, 0) is 37.1 Å². The van der Waals surface area contributed by atoms with E-state index in [1.807, 2.05) is 23.1 Å². The van der Waals surface area contributed by atoms with Crippen molar-refractivity contribution in [2.45, 2.75) is 24.3 Å². The number of hydrogen-bond donors (Lipinski definition) is 0. The van der Waals surface area contributed by atoms with Gasteiger partial charge < -0.3 is 14.4 Å². The molecule has 1 amide bonds. The second kappa shape index (κ2) is 10.8. The van der Waals surface area contributed by atoms with E-state index >= 15 is 0 Å². The maximum atomic E-state index is 13.3. The van der Waals surface area contributed by atoms with Gasteiger partial charge in [-0.25, -0.2) is 8.42 Å². The van der Waals surface area contributed by atoms with E-state index in [-0.39, 0.29) is 35.6 Å². The van der Waals surface area contributed by atoms with Crippen LogP contribution in [0.25, 0.3) is 0 Å². The van der Waals surface area contributed by atoms with Gasteiger partial charge in [0.25, 0.3) is 0 Å². The number of benzene rings is 2. The average Bonchev–Trinajstić information content (AvgIpc) is 2.88. The molecule has 0 bridgehead atoms. The lowest BCUT2D eigenvalue weighted by molar-refractivity contribution is -0.138. The van der Waals surface area contributed by atoms with Gasteiger partial charge in [0.05, 0.1) is 20.1 Å². The van der Waals surface area contributed by atoms with Crippen LogP contribution in [0.15, 0.2) is 53.4 Å². The van der Waals surface area contributed by atoms with Crippen molar-refractivity contribution in [3.8, 4) is 11.5 Å². The minimum Gasteiger partial charge on any atom is -0.497 e. The third-order valence-electron chi connectivity index (χ3n) is 6.64. The highest BCUT2D eigenvalue weighted by molar-refractivity contribution is 7.89. The zero-order valence-electron chi connectivity index (χ0n) is 19.9. The lowest BCUT2D eigenvalue weighted by atomic mass is 9.95. The molecule has 1 atom stereocenters. The van der Waals surface area contributed by atoms with Crippen LogP contribution in [0.2, 0.25) is 0 Å². The summed E-state index contributed by atoms with van der Waals surface area (Å²) in [6.45, 7) is 3.88. The molecular weight excluding hydrogens is 454 g/mol. The fraction of sp³-hybridized carbons (Fsp3) is 0.480. The number of carbonyl (C=O) groups excluding carboxylic acids is 1. The Kier molecular flexibility index (Phi) is 7.75. The molecule has 0 saturated carbocycles. The van der Waals surface area contributed by atoms with Gasteiger partial charge in [-0.3, -0.25) is 9.69 Å². The van der Waals surface area contributed by atoms with Gasteiger partial charge in [0, 0.05) is 45.3 Å². The molecule has 2 aliphatic heterocycles. The Bertz CT molecular complexity index is 1080. The van der Waals surface area contributed by atoms with E-state index in [4.69, 9.17) is 9.47 Å². The molecule has 2 aromatic carbocycles. The van der Waals surface area contributed by atoms with Gasteiger partial charge >= 0.3 is 0 Å². The predicted molar refractivity (Wildman–Crippen MR) is 129 cm³/mol. The molecule has 2 saturated heterocycles. The van der Waals surface area contributed by atoms with Crippen molar-refractivity contribution < 1.29 is 22.7 Å². The zero-order valence-corrected chi connectivity index (χ0v) is 20.7. The molecule has 184 valence electrons. The average molecular weight is 488 g/mol. The summed E-state index contributed by atoms with van der Waals surface area (Å²) >= 11 is 0. The van der Waals surface area contributed by atoms with E-state index in [1.165, 1.54) is 30.2 Å². The van der Waals surface area contributed by atoms with Gasteiger partial charge in [0.2, 0.25) is 15.9 Å². The first kappa shape index (κ1) is 24.5. The number of ether oxygens (including phenoxy) is 2. The fourth-order valence-corrected chi connectivity index (χ4v) is 6.37. The maximum Gasteiger partial charge on any atom is 0.247 e. The number of likely N-dealkylation sites (tertiary alicyclic amines) is 1. The molecule has 8 nitrogen and oxygen atoms in total. The van der Waals surface area contributed by atoms with Crippen molar-refractivity contribution in [3.05, 3.63) is 54.1 Å². The van der Waals surface area contributed by atoms with Crippen LogP contribution in [-0.2, 0) is 21.4 Å². The Morgan fingerprint density at radius 1 is 0.971 bits per heavy atom. The molecule has 2 aliphatic rings. The second-order valence-corrected chi connectivity index (χ2v) is 10.7. The highest BCUT2D eigenvalue weighted by Gasteiger charge is 2.35. The first-order valence-electron chi connectivity index (χ1n) is 11.7. The number of piperidine rings is 1. The summed E-state index contributed by atoms with van der Waals surface area (Å²) in [6.07, 6.45) is 1.87. The lowest BCUT2D eigenvalue weighted by Gasteiger charge is -2.38. The Hall–Kier alpha value is -2.62. The van der Waals surface area contributed by atoms with Crippen LogP contribution >= 0.6 is 0 Å². The van der Waals surface area contributed by atoms with Crippen LogP contribution in [0.4, 0.5) is 0 Å². The molecule has 2 aromatic rings. The summed E-state index contributed by atoms with van der Waals surface area (Å²) in [7, 11) is -0.831. The molecule has 0 spiro atoms. The van der Waals surface area contributed by atoms with Crippen LogP contribution in [0.5, 0.6) is 11.5 Å². The molecule has 2 heterocycles. The van der Waals surface area contributed by atoms with E-state index in [9.17, 15) is 13.2 Å². The minimum absolute atomic E-state index is 0.0425. The van der Waals surface area contributed by atoms with Crippen molar-refractivity contribution in [2.75, 3.05) is 53.5 Å². The highest BCUT2D eigenvalue weighted by Crippen LogP contribution is 2.31. The van der Waals surface area contributed by atoms with Crippen molar-refractivity contribution in [3.63, 3.8) is 0 Å². The quantitative estimate of drug-likeness (QED) is 0.597. The second-order valence-electron chi connectivity index (χ2n) is 8.81. The number of amides is 1. The van der Waals surface area contributed by atoms with E-state index in [0.29, 0.717) is 18.8 Å². The third-order valence-corrected chi connectivity index (χ3v) is 8.56. The number of piperazine rings is 1. The van der Waals surface area contributed by atoms with E-state index in [0.717, 1.165) is 32.5 Å². The molecule has 9 heteroatoms. The number of nitrogens with zero attached hydrogens (tertiary/aromatic N) is 3. The number of sulfonamides is 1. The first-order valence-corrected chi connectivity index (χ1v) is 13.1. The standard InChI is InChI=1S/C25H33N3O5S/c1-32-22-10-11-23(33-2)24(17-22)34(30,31)28-15-13-27(14-16-28)25(29)21-9-6-12-26(19-21)18-20-7-4-3-5-8-20/h3-5,7-8,10-11,17,21H,6,9,12-16,18-19H2,1-2H3. The monoisotopic (exact) mass is 487 g/mol. The normalized spacial score (nSPS) is 20.2. The van der Waals surface area contributed by atoms with Gasteiger partial charge in [-0.15, -0.1) is 0 Å². The Morgan fingerprint density at radius 2 is 1.71 bits per heavy atom. The molecule has 0 aliphatic carbocycles. The summed E-state index contributed by atoms with van der Waals surface area (Å²) < 4.78 is 38.5. The van der Waals surface area contributed by atoms with Gasteiger partial charge in [-0.2, -0.15) is 4.31 Å². The topological polar surface area (TPSA) is 79.4 Å². The van der Waals surface area contributed by atoms with Crippen LogP contribution in [0, 0.1) is 5.92 Å². The van der Waals surface area contributed by atoms with Crippen molar-refractivity contribution in [1.82, 2.24) is 14.1 Å².